The minimum absolute atomic E-state index is 0.0142. The number of methoxy groups -OCH3 is 1. The molecule has 176 valence electrons. The summed E-state index contributed by atoms with van der Waals surface area (Å²) >= 11 is 0. The van der Waals surface area contributed by atoms with E-state index < -0.39 is 11.8 Å². The van der Waals surface area contributed by atoms with Gasteiger partial charge in [-0.25, -0.2) is 9.18 Å². The Morgan fingerprint density at radius 1 is 1.09 bits per heavy atom. The summed E-state index contributed by atoms with van der Waals surface area (Å²) in [6.45, 7) is 1.14. The smallest absolute Gasteiger partial charge is 0.322 e. The first kappa shape index (κ1) is 22.0. The van der Waals surface area contributed by atoms with E-state index in [2.05, 4.69) is 9.88 Å². The Kier molecular flexibility index (Phi) is 5.96. The second kappa shape index (κ2) is 9.21. The molecule has 3 amide bonds. The van der Waals surface area contributed by atoms with Crippen LogP contribution in [0, 0.1) is 5.82 Å². The third kappa shape index (κ3) is 4.35. The number of aromatic nitrogens is 1. The van der Waals surface area contributed by atoms with Crippen molar-refractivity contribution in [2.45, 2.75) is 31.5 Å². The number of carbonyl (C=O) groups excluding carboxylic acids is 2. The van der Waals surface area contributed by atoms with Crippen molar-refractivity contribution in [1.29, 1.82) is 0 Å². The molecule has 0 saturated heterocycles. The summed E-state index contributed by atoms with van der Waals surface area (Å²) in [6.07, 6.45) is 3.68. The minimum Gasteiger partial charge on any atom is -0.497 e. The predicted octanol–water partition coefficient (Wildman–Crippen LogP) is 4.26. The van der Waals surface area contributed by atoms with Crippen LogP contribution < -0.4 is 10.1 Å². The predicted molar refractivity (Wildman–Crippen MR) is 126 cm³/mol. The first-order valence-corrected chi connectivity index (χ1v) is 11.5. The zero-order valence-electron chi connectivity index (χ0n) is 19.0. The fourth-order valence-electron chi connectivity index (χ4n) is 4.55. The summed E-state index contributed by atoms with van der Waals surface area (Å²) in [4.78, 5) is 30.0. The molecule has 1 N–H and O–H groups in total. The van der Waals surface area contributed by atoms with Gasteiger partial charge < -0.3 is 24.4 Å². The third-order valence-electron chi connectivity index (χ3n) is 6.44. The lowest BCUT2D eigenvalue weighted by Crippen LogP contribution is -2.49. The van der Waals surface area contributed by atoms with E-state index in [-0.39, 0.29) is 30.2 Å². The molecule has 0 bridgehead atoms. The van der Waals surface area contributed by atoms with Crippen LogP contribution in [0.25, 0.3) is 0 Å². The highest BCUT2D eigenvalue weighted by molar-refractivity contribution is 5.93. The number of rotatable bonds is 6. The number of benzene rings is 2. The van der Waals surface area contributed by atoms with Crippen molar-refractivity contribution >= 4 is 17.6 Å². The Bertz CT molecular complexity index is 1210. The van der Waals surface area contributed by atoms with Gasteiger partial charge in [0.1, 0.15) is 18.1 Å². The average Bonchev–Trinajstić information content (AvgIpc) is 3.58. The van der Waals surface area contributed by atoms with Crippen molar-refractivity contribution in [3.05, 3.63) is 83.9 Å². The first-order valence-electron chi connectivity index (χ1n) is 11.5. The lowest BCUT2D eigenvalue weighted by molar-refractivity contribution is -0.134. The molecule has 1 saturated carbocycles. The van der Waals surface area contributed by atoms with Crippen LogP contribution in [0.2, 0.25) is 0 Å². The van der Waals surface area contributed by atoms with Crippen LogP contribution in [-0.4, -0.2) is 52.5 Å². The quantitative estimate of drug-likeness (QED) is 0.595. The largest absolute Gasteiger partial charge is 0.497 e. The molecule has 2 aliphatic rings. The number of para-hydroxylation sites is 1. The number of hydrogen-bond donors (Lipinski definition) is 1. The van der Waals surface area contributed by atoms with Gasteiger partial charge in [0.05, 0.1) is 18.8 Å². The summed E-state index contributed by atoms with van der Waals surface area (Å²) < 4.78 is 21.6. The summed E-state index contributed by atoms with van der Waals surface area (Å²) in [5.41, 5.74) is 2.07. The maximum Gasteiger partial charge on any atom is 0.322 e. The maximum absolute atomic E-state index is 14.1. The number of nitrogens with zero attached hydrogens (tertiary/aromatic N) is 3. The van der Waals surface area contributed by atoms with E-state index in [9.17, 15) is 14.0 Å². The minimum atomic E-state index is -0.507. The zero-order chi connectivity index (χ0) is 23.7. The highest BCUT2D eigenvalue weighted by atomic mass is 19.1. The fraction of sp³-hybridized carbons (Fsp3) is 0.308. The van der Waals surface area contributed by atoms with Crippen molar-refractivity contribution < 1.29 is 18.7 Å². The van der Waals surface area contributed by atoms with E-state index in [1.807, 2.05) is 47.5 Å². The topological polar surface area (TPSA) is 66.8 Å². The van der Waals surface area contributed by atoms with Crippen LogP contribution in [0.15, 0.2) is 66.9 Å². The van der Waals surface area contributed by atoms with Crippen LogP contribution in [-0.2, 0) is 11.3 Å². The lowest BCUT2D eigenvalue weighted by Gasteiger charge is -2.38. The number of nitrogens with one attached hydrogen (secondary N) is 1. The molecule has 1 fully saturated rings. The normalized spacial score (nSPS) is 17.1. The molecule has 0 radical (unpaired) electrons. The van der Waals surface area contributed by atoms with Gasteiger partial charge in [0.15, 0.2) is 0 Å². The molecule has 8 heteroatoms. The standard InChI is InChI=1S/C26H27FN4O3/c1-34-20-7-4-6-18(16-20)25-23-10-5-13-29(23)14-15-30(25)24(32)17-31(19-11-12-19)26(33)28-22-9-3-2-8-21(22)27/h2-10,13,16,19,25H,11-12,14-15,17H2,1H3,(H,28,33). The molecule has 2 aromatic carbocycles. The van der Waals surface area contributed by atoms with Crippen LogP contribution in [0.1, 0.15) is 30.1 Å². The molecular formula is C26H27FN4O3. The molecule has 1 unspecified atom stereocenters. The lowest BCUT2D eigenvalue weighted by atomic mass is 9.99. The zero-order valence-corrected chi connectivity index (χ0v) is 19.0. The van der Waals surface area contributed by atoms with Gasteiger partial charge in [-0.15, -0.1) is 0 Å². The molecule has 1 aliphatic carbocycles. The van der Waals surface area contributed by atoms with Crippen LogP contribution in [0.5, 0.6) is 5.75 Å². The first-order chi connectivity index (χ1) is 16.5. The molecule has 34 heavy (non-hydrogen) atoms. The summed E-state index contributed by atoms with van der Waals surface area (Å²) in [6, 6.07) is 17.0. The van der Waals surface area contributed by atoms with E-state index in [4.69, 9.17) is 4.74 Å². The summed E-state index contributed by atoms with van der Waals surface area (Å²) in [5.74, 6) is 0.0705. The van der Waals surface area contributed by atoms with Gasteiger partial charge in [-0.05, 0) is 54.8 Å². The van der Waals surface area contributed by atoms with Crippen molar-refractivity contribution in [1.82, 2.24) is 14.4 Å². The highest BCUT2D eigenvalue weighted by Crippen LogP contribution is 2.35. The van der Waals surface area contributed by atoms with Gasteiger partial charge in [0, 0.05) is 31.0 Å². The van der Waals surface area contributed by atoms with Crippen LogP contribution in [0.4, 0.5) is 14.9 Å². The van der Waals surface area contributed by atoms with E-state index in [1.54, 1.807) is 19.2 Å². The molecule has 7 nitrogen and oxygen atoms in total. The summed E-state index contributed by atoms with van der Waals surface area (Å²) in [7, 11) is 1.62. The second-order valence-corrected chi connectivity index (χ2v) is 8.66. The SMILES string of the molecule is COc1cccc(C2c3cccn3CCN2C(=O)CN(C(=O)Nc2ccccc2F)C2CC2)c1. The van der Waals surface area contributed by atoms with E-state index in [0.717, 1.165) is 29.8 Å². The number of amides is 3. The molecule has 5 rings (SSSR count). The van der Waals surface area contributed by atoms with Crippen molar-refractivity contribution in [3.8, 4) is 5.75 Å². The Balaban J connectivity index is 1.39. The molecular weight excluding hydrogens is 435 g/mol. The molecule has 1 aromatic heterocycles. The van der Waals surface area contributed by atoms with Crippen molar-refractivity contribution in [2.24, 2.45) is 0 Å². The molecule has 1 atom stereocenters. The monoisotopic (exact) mass is 462 g/mol. The second-order valence-electron chi connectivity index (χ2n) is 8.66. The van der Waals surface area contributed by atoms with Gasteiger partial charge in [0.25, 0.3) is 0 Å². The number of halogens is 1. The van der Waals surface area contributed by atoms with Gasteiger partial charge in [-0.2, -0.15) is 0 Å². The van der Waals surface area contributed by atoms with E-state index >= 15 is 0 Å². The van der Waals surface area contributed by atoms with Gasteiger partial charge >= 0.3 is 6.03 Å². The van der Waals surface area contributed by atoms with E-state index in [0.29, 0.717) is 13.1 Å². The number of fused-ring (bicyclic) bond motifs is 1. The number of urea groups is 1. The number of anilines is 1. The molecule has 0 spiro atoms. The third-order valence-corrected chi connectivity index (χ3v) is 6.44. The Morgan fingerprint density at radius 2 is 1.91 bits per heavy atom. The summed E-state index contributed by atoms with van der Waals surface area (Å²) in [5, 5.41) is 2.63. The Hall–Kier alpha value is -3.81. The van der Waals surface area contributed by atoms with Gasteiger partial charge in [-0.1, -0.05) is 24.3 Å². The maximum atomic E-state index is 14.1. The molecule has 3 aromatic rings. The van der Waals surface area contributed by atoms with Crippen molar-refractivity contribution in [3.63, 3.8) is 0 Å². The Labute approximate surface area is 197 Å². The van der Waals surface area contributed by atoms with Crippen LogP contribution in [0.3, 0.4) is 0 Å². The van der Waals surface area contributed by atoms with Crippen molar-refractivity contribution in [2.75, 3.05) is 25.5 Å². The van der Waals surface area contributed by atoms with Gasteiger partial charge in [-0.3, -0.25) is 4.79 Å². The fourth-order valence-corrected chi connectivity index (χ4v) is 4.55. The number of carbonyl (C=O) groups is 2. The molecule has 1 aliphatic heterocycles. The van der Waals surface area contributed by atoms with Crippen LogP contribution >= 0.6 is 0 Å². The average molecular weight is 463 g/mol. The molecule has 2 heterocycles. The Morgan fingerprint density at radius 3 is 2.68 bits per heavy atom. The number of hydrogen-bond acceptors (Lipinski definition) is 3. The van der Waals surface area contributed by atoms with Gasteiger partial charge in [0.2, 0.25) is 5.91 Å². The highest BCUT2D eigenvalue weighted by Gasteiger charge is 2.38. The number of ether oxygens (including phenoxy) is 1. The van der Waals surface area contributed by atoms with E-state index in [1.165, 1.54) is 17.0 Å².